The maximum atomic E-state index is 8.80. The molecule has 0 aliphatic rings. The number of nitrogens with one attached hydrogen (secondary N) is 1. The van der Waals surface area contributed by atoms with Gasteiger partial charge in [0.25, 0.3) is 0 Å². The maximum absolute atomic E-state index is 8.80. The van der Waals surface area contributed by atoms with E-state index < -0.39 is 0 Å². The van der Waals surface area contributed by atoms with Crippen LogP contribution in [-0.2, 0) is 0 Å². The Hall–Kier alpha value is -1.69. The fourth-order valence-electron chi connectivity index (χ4n) is 1.84. The lowest BCUT2D eigenvalue weighted by Gasteiger charge is -2.18. The molecule has 1 N–H and O–H groups in total. The lowest BCUT2D eigenvalue weighted by atomic mass is 10.1. The normalized spacial score (nSPS) is 11.7. The summed E-state index contributed by atoms with van der Waals surface area (Å²) in [5, 5.41) is 13.3. The van der Waals surface area contributed by atoms with Crippen molar-refractivity contribution in [3.05, 3.63) is 63.6 Å². The van der Waals surface area contributed by atoms with Crippen molar-refractivity contribution in [1.82, 2.24) is 0 Å². The van der Waals surface area contributed by atoms with Crippen LogP contribution in [0.25, 0.3) is 0 Å². The van der Waals surface area contributed by atoms with E-state index in [9.17, 15) is 0 Å². The van der Waals surface area contributed by atoms with Gasteiger partial charge in [0.2, 0.25) is 0 Å². The zero-order chi connectivity index (χ0) is 13.8. The molecule has 2 nitrogen and oxygen atoms in total. The number of hydrogen-bond acceptors (Lipinski definition) is 2. The topological polar surface area (TPSA) is 35.8 Å². The smallest absolute Gasteiger partial charge is 0.0992 e. The van der Waals surface area contributed by atoms with Crippen LogP contribution < -0.4 is 5.32 Å². The third-order valence-corrected chi connectivity index (χ3v) is 3.50. The van der Waals surface area contributed by atoms with Crippen LogP contribution in [0.3, 0.4) is 0 Å². The predicted octanol–water partition coefficient (Wildman–Crippen LogP) is 5.04. The van der Waals surface area contributed by atoms with Crippen molar-refractivity contribution in [2.24, 2.45) is 0 Å². The molecule has 1 atom stereocenters. The molecule has 0 heterocycles. The molecule has 0 radical (unpaired) electrons. The average molecular weight is 291 g/mol. The number of rotatable bonds is 3. The lowest BCUT2D eigenvalue weighted by molar-refractivity contribution is 0.885. The van der Waals surface area contributed by atoms with Crippen LogP contribution in [0.5, 0.6) is 0 Å². The van der Waals surface area contributed by atoms with Gasteiger partial charge >= 0.3 is 0 Å². The molecule has 2 aromatic carbocycles. The molecule has 2 rings (SSSR count). The van der Waals surface area contributed by atoms with Gasteiger partial charge in [-0.3, -0.25) is 0 Å². The molecule has 19 heavy (non-hydrogen) atoms. The van der Waals surface area contributed by atoms with Crippen molar-refractivity contribution in [1.29, 1.82) is 5.26 Å². The molecule has 1 unspecified atom stereocenters. The van der Waals surface area contributed by atoms with E-state index in [0.717, 1.165) is 11.3 Å². The van der Waals surface area contributed by atoms with E-state index in [-0.39, 0.29) is 6.04 Å². The first-order chi connectivity index (χ1) is 9.11. The molecule has 0 aliphatic carbocycles. The van der Waals surface area contributed by atoms with Crippen LogP contribution in [0, 0.1) is 11.3 Å². The highest BCUT2D eigenvalue weighted by Crippen LogP contribution is 2.29. The molecule has 4 heteroatoms. The number of benzene rings is 2. The minimum absolute atomic E-state index is 0.0270. The standard InChI is InChI=1S/C15H12Cl2N2/c1-10(12-4-2-3-5-13(12)16)19-15-7-6-11(9-18)8-14(15)17/h2-8,10,19H,1H3. The summed E-state index contributed by atoms with van der Waals surface area (Å²) in [4.78, 5) is 0. The summed E-state index contributed by atoms with van der Waals surface area (Å²) >= 11 is 12.3. The van der Waals surface area contributed by atoms with Gasteiger partial charge in [0.05, 0.1) is 28.4 Å². The van der Waals surface area contributed by atoms with Crippen molar-refractivity contribution >= 4 is 28.9 Å². The van der Waals surface area contributed by atoms with Crippen molar-refractivity contribution in [2.75, 3.05) is 5.32 Å². The third kappa shape index (κ3) is 3.20. The summed E-state index contributed by atoms with van der Waals surface area (Å²) in [5.74, 6) is 0. The Morgan fingerprint density at radius 2 is 1.84 bits per heavy atom. The van der Waals surface area contributed by atoms with E-state index in [2.05, 4.69) is 11.4 Å². The molecule has 0 bridgehead atoms. The molecular weight excluding hydrogens is 279 g/mol. The van der Waals surface area contributed by atoms with Crippen molar-refractivity contribution in [3.63, 3.8) is 0 Å². The summed E-state index contributed by atoms with van der Waals surface area (Å²) in [5.41, 5.74) is 2.33. The van der Waals surface area contributed by atoms with E-state index in [4.69, 9.17) is 28.5 Å². The number of hydrogen-bond donors (Lipinski definition) is 1. The van der Waals surface area contributed by atoms with Crippen LogP contribution in [0.2, 0.25) is 10.0 Å². The van der Waals surface area contributed by atoms with Gasteiger partial charge in [-0.05, 0) is 36.8 Å². The van der Waals surface area contributed by atoms with E-state index in [0.29, 0.717) is 15.6 Å². The van der Waals surface area contributed by atoms with Gasteiger partial charge in [-0.1, -0.05) is 41.4 Å². The highest BCUT2D eigenvalue weighted by atomic mass is 35.5. The molecule has 0 spiro atoms. The minimum atomic E-state index is 0.0270. The third-order valence-electron chi connectivity index (χ3n) is 2.84. The molecule has 0 saturated heterocycles. The van der Waals surface area contributed by atoms with Crippen LogP contribution in [-0.4, -0.2) is 0 Å². The molecule has 0 saturated carbocycles. The SMILES string of the molecule is CC(Nc1ccc(C#N)cc1Cl)c1ccccc1Cl. The maximum Gasteiger partial charge on any atom is 0.0992 e. The molecule has 0 amide bonds. The first kappa shape index (κ1) is 13.7. The Labute approximate surface area is 122 Å². The van der Waals surface area contributed by atoms with Gasteiger partial charge < -0.3 is 5.32 Å². The molecule has 2 aromatic rings. The Balaban J connectivity index is 2.22. The van der Waals surface area contributed by atoms with Crippen molar-refractivity contribution in [2.45, 2.75) is 13.0 Å². The van der Waals surface area contributed by atoms with Crippen molar-refractivity contribution in [3.8, 4) is 6.07 Å². The number of halogens is 2. The lowest BCUT2D eigenvalue weighted by Crippen LogP contribution is -2.07. The summed E-state index contributed by atoms with van der Waals surface area (Å²) in [6.07, 6.45) is 0. The van der Waals surface area contributed by atoms with E-state index in [1.54, 1.807) is 18.2 Å². The van der Waals surface area contributed by atoms with Gasteiger partial charge in [-0.25, -0.2) is 0 Å². The van der Waals surface area contributed by atoms with E-state index >= 15 is 0 Å². The Morgan fingerprint density at radius 1 is 1.11 bits per heavy atom. The number of nitrogens with zero attached hydrogens (tertiary/aromatic N) is 1. The zero-order valence-corrected chi connectivity index (χ0v) is 11.8. The number of nitriles is 1. The number of anilines is 1. The van der Waals surface area contributed by atoms with Crippen LogP contribution in [0.4, 0.5) is 5.69 Å². The van der Waals surface area contributed by atoms with Gasteiger partial charge in [-0.15, -0.1) is 0 Å². The van der Waals surface area contributed by atoms with Crippen LogP contribution in [0.1, 0.15) is 24.1 Å². The van der Waals surface area contributed by atoms with Gasteiger partial charge in [0.1, 0.15) is 0 Å². The van der Waals surface area contributed by atoms with Gasteiger partial charge in [-0.2, -0.15) is 5.26 Å². The molecule has 96 valence electrons. The largest absolute Gasteiger partial charge is 0.377 e. The van der Waals surface area contributed by atoms with Crippen LogP contribution >= 0.6 is 23.2 Å². The average Bonchev–Trinajstić information content (AvgIpc) is 2.41. The van der Waals surface area contributed by atoms with Crippen LogP contribution in [0.15, 0.2) is 42.5 Å². The van der Waals surface area contributed by atoms with Gasteiger partial charge in [0, 0.05) is 5.02 Å². The fraction of sp³-hybridized carbons (Fsp3) is 0.133. The Bertz CT molecular complexity index is 632. The first-order valence-corrected chi connectivity index (χ1v) is 6.58. The molecule has 0 fully saturated rings. The highest BCUT2D eigenvalue weighted by molar-refractivity contribution is 6.33. The summed E-state index contributed by atoms with van der Waals surface area (Å²) in [6.45, 7) is 2.01. The van der Waals surface area contributed by atoms with E-state index in [1.165, 1.54) is 0 Å². The summed E-state index contributed by atoms with van der Waals surface area (Å²) < 4.78 is 0. The van der Waals surface area contributed by atoms with Crippen molar-refractivity contribution < 1.29 is 0 Å². The zero-order valence-electron chi connectivity index (χ0n) is 10.3. The fourth-order valence-corrected chi connectivity index (χ4v) is 2.37. The molecular formula is C15H12Cl2N2. The Kier molecular flexibility index (Phi) is 4.31. The monoisotopic (exact) mass is 290 g/mol. The molecule has 0 aromatic heterocycles. The second-order valence-electron chi connectivity index (χ2n) is 4.19. The quantitative estimate of drug-likeness (QED) is 0.860. The van der Waals surface area contributed by atoms with E-state index in [1.807, 2.05) is 31.2 Å². The second kappa shape index (κ2) is 5.97. The van der Waals surface area contributed by atoms with Gasteiger partial charge in [0.15, 0.2) is 0 Å². The minimum Gasteiger partial charge on any atom is -0.377 e. The second-order valence-corrected chi connectivity index (χ2v) is 5.01. The Morgan fingerprint density at radius 3 is 2.47 bits per heavy atom. The summed E-state index contributed by atoms with van der Waals surface area (Å²) in [6, 6.07) is 14.9. The molecule has 0 aliphatic heterocycles. The first-order valence-electron chi connectivity index (χ1n) is 5.82. The highest BCUT2D eigenvalue weighted by Gasteiger charge is 2.10. The summed E-state index contributed by atoms with van der Waals surface area (Å²) in [7, 11) is 0. The predicted molar refractivity (Wildman–Crippen MR) is 79.7 cm³/mol.